The highest BCUT2D eigenvalue weighted by atomic mass is 79.9. The van der Waals surface area contributed by atoms with Gasteiger partial charge >= 0.3 is 0 Å². The molecule has 0 aromatic heterocycles. The molecule has 1 fully saturated rings. The minimum absolute atomic E-state index is 0.363. The summed E-state index contributed by atoms with van der Waals surface area (Å²) in [5.74, 6) is 2.09. The number of aromatic hydroxyl groups is 1. The molecule has 100 valence electrons. The number of hydrogen-bond acceptors (Lipinski definition) is 2. The van der Waals surface area contributed by atoms with Gasteiger partial charge in [0.25, 0.3) is 0 Å². The van der Waals surface area contributed by atoms with Crippen molar-refractivity contribution >= 4 is 15.9 Å². The van der Waals surface area contributed by atoms with Gasteiger partial charge < -0.3 is 10.4 Å². The molecular weight excluding hydrogens is 290 g/mol. The number of para-hydroxylation sites is 1. The van der Waals surface area contributed by atoms with Crippen molar-refractivity contribution in [3.8, 4) is 5.75 Å². The van der Waals surface area contributed by atoms with Gasteiger partial charge in [0.2, 0.25) is 0 Å². The lowest BCUT2D eigenvalue weighted by Crippen LogP contribution is -2.25. The molecule has 0 radical (unpaired) electrons. The predicted molar refractivity (Wildman–Crippen MR) is 78.6 cm³/mol. The molecule has 18 heavy (non-hydrogen) atoms. The van der Waals surface area contributed by atoms with E-state index in [1.165, 1.54) is 25.7 Å². The van der Waals surface area contributed by atoms with Crippen molar-refractivity contribution in [1.82, 2.24) is 5.32 Å². The van der Waals surface area contributed by atoms with Gasteiger partial charge in [-0.1, -0.05) is 31.9 Å². The van der Waals surface area contributed by atoms with Gasteiger partial charge in [-0.05, 0) is 53.2 Å². The molecule has 0 heterocycles. The highest BCUT2D eigenvalue weighted by molar-refractivity contribution is 9.10. The number of rotatable bonds is 4. The van der Waals surface area contributed by atoms with E-state index in [0.717, 1.165) is 35.0 Å². The average molecular weight is 312 g/mol. The van der Waals surface area contributed by atoms with E-state index in [0.29, 0.717) is 5.75 Å². The fourth-order valence-corrected chi connectivity index (χ4v) is 3.05. The quantitative estimate of drug-likeness (QED) is 0.878. The molecule has 2 rings (SSSR count). The molecule has 0 bridgehead atoms. The van der Waals surface area contributed by atoms with E-state index in [2.05, 4.69) is 28.2 Å². The normalized spacial score (nSPS) is 24.1. The van der Waals surface area contributed by atoms with E-state index in [9.17, 15) is 5.11 Å². The van der Waals surface area contributed by atoms with Crippen LogP contribution >= 0.6 is 15.9 Å². The Morgan fingerprint density at radius 3 is 2.72 bits per heavy atom. The number of benzene rings is 1. The van der Waals surface area contributed by atoms with E-state index < -0.39 is 0 Å². The number of nitrogens with one attached hydrogen (secondary N) is 1. The van der Waals surface area contributed by atoms with Gasteiger partial charge in [-0.25, -0.2) is 0 Å². The Hall–Kier alpha value is -0.540. The molecular formula is C15H22BrNO. The molecule has 0 aliphatic heterocycles. The third kappa shape index (κ3) is 3.72. The molecule has 3 heteroatoms. The van der Waals surface area contributed by atoms with Gasteiger partial charge in [0, 0.05) is 12.1 Å². The molecule has 1 aliphatic rings. The summed E-state index contributed by atoms with van der Waals surface area (Å²) in [4.78, 5) is 0. The van der Waals surface area contributed by atoms with E-state index in [4.69, 9.17) is 0 Å². The Bertz CT molecular complexity index is 386. The maximum absolute atomic E-state index is 9.88. The first-order valence-corrected chi connectivity index (χ1v) is 7.63. The highest BCUT2D eigenvalue weighted by Crippen LogP contribution is 2.29. The summed E-state index contributed by atoms with van der Waals surface area (Å²) in [6, 6.07) is 5.79. The van der Waals surface area contributed by atoms with Crippen LogP contribution in [0.15, 0.2) is 22.7 Å². The van der Waals surface area contributed by atoms with Crippen LogP contribution in [0.4, 0.5) is 0 Å². The topological polar surface area (TPSA) is 32.3 Å². The average Bonchev–Trinajstić information content (AvgIpc) is 2.37. The van der Waals surface area contributed by atoms with E-state index in [1.807, 2.05) is 18.2 Å². The second kappa shape index (κ2) is 6.58. The second-order valence-electron chi connectivity index (χ2n) is 5.50. The molecule has 2 nitrogen and oxygen atoms in total. The van der Waals surface area contributed by atoms with Crippen LogP contribution in [0.1, 0.15) is 38.2 Å². The monoisotopic (exact) mass is 311 g/mol. The highest BCUT2D eigenvalue weighted by Gasteiger charge is 2.17. The lowest BCUT2D eigenvalue weighted by atomic mass is 9.83. The van der Waals surface area contributed by atoms with Crippen molar-refractivity contribution in [2.75, 3.05) is 6.54 Å². The van der Waals surface area contributed by atoms with Crippen LogP contribution in [-0.2, 0) is 6.54 Å². The van der Waals surface area contributed by atoms with Crippen LogP contribution in [-0.4, -0.2) is 11.7 Å². The van der Waals surface area contributed by atoms with Crippen LogP contribution < -0.4 is 5.32 Å². The van der Waals surface area contributed by atoms with E-state index in [-0.39, 0.29) is 0 Å². The Kier molecular flexibility index (Phi) is 5.07. The van der Waals surface area contributed by atoms with Crippen LogP contribution in [0.2, 0.25) is 0 Å². The Labute approximate surface area is 118 Å². The van der Waals surface area contributed by atoms with Crippen LogP contribution in [0.3, 0.4) is 0 Å². The third-order valence-electron chi connectivity index (χ3n) is 3.95. The van der Waals surface area contributed by atoms with Gasteiger partial charge in [0.05, 0.1) is 4.47 Å². The minimum Gasteiger partial charge on any atom is -0.506 e. The Morgan fingerprint density at radius 2 is 2.00 bits per heavy atom. The Balaban J connectivity index is 1.77. The zero-order valence-electron chi connectivity index (χ0n) is 11.0. The summed E-state index contributed by atoms with van der Waals surface area (Å²) in [5, 5.41) is 13.4. The summed E-state index contributed by atoms with van der Waals surface area (Å²) in [6.07, 6.45) is 5.43. The van der Waals surface area contributed by atoms with Gasteiger partial charge in [-0.3, -0.25) is 0 Å². The third-order valence-corrected chi connectivity index (χ3v) is 4.59. The van der Waals surface area contributed by atoms with E-state index >= 15 is 0 Å². The van der Waals surface area contributed by atoms with Gasteiger partial charge in [0.15, 0.2) is 0 Å². The standard InChI is InChI=1S/C15H22BrNO/c1-11-5-7-12(8-6-11)9-17-10-13-3-2-4-14(16)15(13)18/h2-4,11-12,17-18H,5-10H2,1H3. The largest absolute Gasteiger partial charge is 0.506 e. The number of halogens is 1. The number of phenolic OH excluding ortho intramolecular Hbond substituents is 1. The molecule has 0 saturated heterocycles. The first kappa shape index (κ1) is 13.9. The van der Waals surface area contributed by atoms with Crippen molar-refractivity contribution < 1.29 is 5.11 Å². The summed E-state index contributed by atoms with van der Waals surface area (Å²) in [6.45, 7) is 4.17. The predicted octanol–water partition coefficient (Wildman–Crippen LogP) is 4.07. The summed E-state index contributed by atoms with van der Waals surface area (Å²) in [5.41, 5.74) is 0.966. The lowest BCUT2D eigenvalue weighted by Gasteiger charge is -2.26. The second-order valence-corrected chi connectivity index (χ2v) is 6.36. The van der Waals surface area contributed by atoms with Gasteiger partial charge in [0.1, 0.15) is 5.75 Å². The molecule has 0 unspecified atom stereocenters. The molecule has 0 atom stereocenters. The van der Waals surface area contributed by atoms with Crippen LogP contribution in [0, 0.1) is 11.8 Å². The van der Waals surface area contributed by atoms with Crippen molar-refractivity contribution in [1.29, 1.82) is 0 Å². The van der Waals surface area contributed by atoms with Crippen molar-refractivity contribution in [3.63, 3.8) is 0 Å². The van der Waals surface area contributed by atoms with Crippen molar-refractivity contribution in [2.24, 2.45) is 11.8 Å². The number of phenols is 1. The maximum atomic E-state index is 9.88. The number of hydrogen-bond donors (Lipinski definition) is 2. The van der Waals surface area contributed by atoms with Crippen molar-refractivity contribution in [2.45, 2.75) is 39.2 Å². The van der Waals surface area contributed by atoms with Crippen LogP contribution in [0.5, 0.6) is 5.75 Å². The zero-order valence-corrected chi connectivity index (χ0v) is 12.5. The smallest absolute Gasteiger partial charge is 0.134 e. The molecule has 0 amide bonds. The Morgan fingerprint density at radius 1 is 1.28 bits per heavy atom. The van der Waals surface area contributed by atoms with E-state index in [1.54, 1.807) is 0 Å². The van der Waals surface area contributed by atoms with Gasteiger partial charge in [-0.15, -0.1) is 0 Å². The fraction of sp³-hybridized carbons (Fsp3) is 0.600. The maximum Gasteiger partial charge on any atom is 0.134 e. The minimum atomic E-state index is 0.363. The molecule has 0 spiro atoms. The first-order chi connectivity index (χ1) is 8.66. The lowest BCUT2D eigenvalue weighted by molar-refractivity contribution is 0.281. The molecule has 1 aromatic rings. The van der Waals surface area contributed by atoms with Crippen LogP contribution in [0.25, 0.3) is 0 Å². The first-order valence-electron chi connectivity index (χ1n) is 6.84. The molecule has 2 N–H and O–H groups in total. The summed E-state index contributed by atoms with van der Waals surface area (Å²) < 4.78 is 0.772. The molecule has 1 aliphatic carbocycles. The fourth-order valence-electron chi connectivity index (χ4n) is 2.65. The molecule has 1 aromatic carbocycles. The van der Waals surface area contributed by atoms with Gasteiger partial charge in [-0.2, -0.15) is 0 Å². The molecule has 1 saturated carbocycles. The van der Waals surface area contributed by atoms with Crippen molar-refractivity contribution in [3.05, 3.63) is 28.2 Å². The SMILES string of the molecule is CC1CCC(CNCc2cccc(Br)c2O)CC1. The summed E-state index contributed by atoms with van der Waals surface area (Å²) >= 11 is 3.34. The summed E-state index contributed by atoms with van der Waals surface area (Å²) in [7, 11) is 0. The zero-order chi connectivity index (χ0) is 13.0.